The Balaban J connectivity index is 1.74. The molecule has 5 heteroatoms. The molecule has 0 radical (unpaired) electrons. The first kappa shape index (κ1) is 13.2. The fraction of sp³-hybridized carbons (Fsp3) is 0.500. The fourth-order valence-corrected chi connectivity index (χ4v) is 3.35. The van der Waals surface area contributed by atoms with Crippen LogP contribution < -0.4 is 0 Å². The molecule has 1 aliphatic carbocycles. The molecule has 2 fully saturated rings. The summed E-state index contributed by atoms with van der Waals surface area (Å²) in [4.78, 5) is 2.44. The third kappa shape index (κ3) is 2.56. The van der Waals surface area contributed by atoms with E-state index in [4.69, 9.17) is 17.3 Å². The van der Waals surface area contributed by atoms with Gasteiger partial charge in [0.25, 0.3) is 0 Å². The van der Waals surface area contributed by atoms with Gasteiger partial charge < -0.3 is 0 Å². The molecule has 4 rings (SSSR count). The minimum absolute atomic E-state index is 0.590. The van der Waals surface area contributed by atoms with Crippen LogP contribution in [0.2, 0.25) is 0 Å². The Bertz CT molecular complexity index is 678. The molecule has 21 heavy (non-hydrogen) atoms. The summed E-state index contributed by atoms with van der Waals surface area (Å²) >= 11 is 5.71. The lowest BCUT2D eigenvalue weighted by atomic mass is 10.3. The summed E-state index contributed by atoms with van der Waals surface area (Å²) in [6.07, 6.45) is 5.06. The van der Waals surface area contributed by atoms with Crippen molar-refractivity contribution >= 4 is 12.2 Å². The van der Waals surface area contributed by atoms with Crippen LogP contribution in [0, 0.1) is 4.77 Å². The van der Waals surface area contributed by atoms with Crippen molar-refractivity contribution in [1.82, 2.24) is 19.2 Å². The van der Waals surface area contributed by atoms with E-state index >= 15 is 0 Å². The van der Waals surface area contributed by atoms with E-state index in [-0.39, 0.29) is 0 Å². The molecular formula is C16H20N4S. The molecule has 2 heterocycles. The average molecular weight is 300 g/mol. The highest BCUT2D eigenvalue weighted by atomic mass is 32.1. The van der Waals surface area contributed by atoms with E-state index in [1.807, 2.05) is 10.7 Å². The average Bonchev–Trinajstić information content (AvgIpc) is 3.14. The third-order valence-corrected chi connectivity index (χ3v) is 4.75. The van der Waals surface area contributed by atoms with Gasteiger partial charge in [0, 0.05) is 11.6 Å². The Morgan fingerprint density at radius 1 is 1.10 bits per heavy atom. The maximum absolute atomic E-state index is 5.71. The lowest BCUT2D eigenvalue weighted by Gasteiger charge is -2.13. The Hall–Kier alpha value is -1.46. The first-order chi connectivity index (χ1) is 10.3. The van der Waals surface area contributed by atoms with Gasteiger partial charge in [-0.25, -0.2) is 4.68 Å². The van der Waals surface area contributed by atoms with Crippen molar-refractivity contribution in [3.05, 3.63) is 40.9 Å². The number of para-hydroxylation sites is 1. The number of benzene rings is 1. The van der Waals surface area contributed by atoms with E-state index in [9.17, 15) is 0 Å². The van der Waals surface area contributed by atoms with Gasteiger partial charge in [0.05, 0.1) is 6.67 Å². The van der Waals surface area contributed by atoms with Crippen LogP contribution in [0.4, 0.5) is 0 Å². The highest BCUT2D eigenvalue weighted by molar-refractivity contribution is 7.71. The first-order valence-corrected chi connectivity index (χ1v) is 8.21. The molecule has 110 valence electrons. The van der Waals surface area contributed by atoms with Crippen molar-refractivity contribution in [2.45, 2.75) is 38.3 Å². The summed E-state index contributed by atoms with van der Waals surface area (Å²) in [5.74, 6) is 1.73. The minimum atomic E-state index is 0.590. The largest absolute Gasteiger partial charge is 0.284 e. The van der Waals surface area contributed by atoms with Crippen LogP contribution in [0.1, 0.15) is 37.4 Å². The van der Waals surface area contributed by atoms with Gasteiger partial charge in [-0.05, 0) is 63.1 Å². The van der Waals surface area contributed by atoms with Crippen LogP contribution in [0.3, 0.4) is 0 Å². The normalized spacial score (nSPS) is 19.2. The molecule has 1 saturated carbocycles. The monoisotopic (exact) mass is 300 g/mol. The van der Waals surface area contributed by atoms with Crippen LogP contribution >= 0.6 is 12.2 Å². The molecule has 0 spiro atoms. The lowest BCUT2D eigenvalue weighted by Crippen LogP contribution is -2.23. The van der Waals surface area contributed by atoms with E-state index in [0.29, 0.717) is 5.92 Å². The fourth-order valence-electron chi connectivity index (χ4n) is 3.06. The van der Waals surface area contributed by atoms with Crippen molar-refractivity contribution in [2.24, 2.45) is 0 Å². The smallest absolute Gasteiger partial charge is 0.203 e. The van der Waals surface area contributed by atoms with Gasteiger partial charge in [0.1, 0.15) is 5.82 Å². The van der Waals surface area contributed by atoms with E-state index in [1.165, 1.54) is 38.8 Å². The van der Waals surface area contributed by atoms with Crippen molar-refractivity contribution in [2.75, 3.05) is 13.1 Å². The number of likely N-dealkylation sites (tertiary alicyclic amines) is 1. The Kier molecular flexibility index (Phi) is 3.39. The number of nitrogens with zero attached hydrogens (tertiary/aromatic N) is 4. The van der Waals surface area contributed by atoms with Gasteiger partial charge >= 0.3 is 0 Å². The van der Waals surface area contributed by atoms with Gasteiger partial charge in [-0.15, -0.1) is 0 Å². The summed E-state index contributed by atoms with van der Waals surface area (Å²) in [7, 11) is 0. The summed E-state index contributed by atoms with van der Waals surface area (Å²) in [6, 6.07) is 10.4. The van der Waals surface area contributed by atoms with Gasteiger partial charge in [-0.2, -0.15) is 5.10 Å². The van der Waals surface area contributed by atoms with E-state index in [0.717, 1.165) is 23.0 Å². The van der Waals surface area contributed by atoms with Gasteiger partial charge in [-0.3, -0.25) is 9.47 Å². The number of hydrogen-bond acceptors (Lipinski definition) is 3. The van der Waals surface area contributed by atoms with Crippen LogP contribution in [0.5, 0.6) is 0 Å². The molecular weight excluding hydrogens is 280 g/mol. The summed E-state index contributed by atoms with van der Waals surface area (Å²) in [5, 5.41) is 4.85. The van der Waals surface area contributed by atoms with Crippen molar-refractivity contribution < 1.29 is 0 Å². The van der Waals surface area contributed by atoms with Crippen LogP contribution in [-0.4, -0.2) is 32.3 Å². The second-order valence-electron chi connectivity index (χ2n) is 6.05. The maximum atomic E-state index is 5.71. The molecule has 4 nitrogen and oxygen atoms in total. The Labute approximate surface area is 130 Å². The summed E-state index contributed by atoms with van der Waals surface area (Å²) in [6.45, 7) is 3.16. The third-order valence-electron chi connectivity index (χ3n) is 4.35. The first-order valence-electron chi connectivity index (χ1n) is 7.80. The van der Waals surface area contributed by atoms with E-state index in [1.54, 1.807) is 0 Å². The zero-order valence-electron chi connectivity index (χ0n) is 12.1. The van der Waals surface area contributed by atoms with Crippen molar-refractivity contribution in [3.63, 3.8) is 0 Å². The maximum Gasteiger partial charge on any atom is 0.203 e. The molecule has 1 aromatic heterocycles. The summed E-state index contributed by atoms with van der Waals surface area (Å²) < 4.78 is 5.01. The highest BCUT2D eigenvalue weighted by Crippen LogP contribution is 2.40. The van der Waals surface area contributed by atoms with E-state index < -0.39 is 0 Å². The zero-order valence-corrected chi connectivity index (χ0v) is 12.9. The molecule has 0 bridgehead atoms. The highest BCUT2D eigenvalue weighted by Gasteiger charge is 2.31. The van der Waals surface area contributed by atoms with Crippen LogP contribution in [0.15, 0.2) is 30.3 Å². The molecule has 0 amide bonds. The topological polar surface area (TPSA) is 26.0 Å². The second kappa shape index (κ2) is 5.39. The number of hydrogen-bond donors (Lipinski definition) is 0. The van der Waals surface area contributed by atoms with Crippen molar-refractivity contribution in [3.8, 4) is 5.69 Å². The van der Waals surface area contributed by atoms with Gasteiger partial charge in [0.2, 0.25) is 4.77 Å². The SMILES string of the molecule is S=c1n(CN2CCCC2)nc(C2CC2)n1-c1ccccc1. The zero-order chi connectivity index (χ0) is 14.2. The molecule has 2 aliphatic rings. The lowest BCUT2D eigenvalue weighted by molar-refractivity contribution is 0.252. The van der Waals surface area contributed by atoms with Gasteiger partial charge in [-0.1, -0.05) is 18.2 Å². The predicted octanol–water partition coefficient (Wildman–Crippen LogP) is 3.33. The van der Waals surface area contributed by atoms with Crippen LogP contribution in [0.25, 0.3) is 5.69 Å². The number of rotatable bonds is 4. The van der Waals surface area contributed by atoms with Crippen LogP contribution in [-0.2, 0) is 6.67 Å². The molecule has 1 saturated heterocycles. The second-order valence-corrected chi connectivity index (χ2v) is 6.42. The quantitative estimate of drug-likeness (QED) is 0.810. The molecule has 1 aromatic carbocycles. The number of aromatic nitrogens is 3. The Morgan fingerprint density at radius 3 is 2.48 bits per heavy atom. The Morgan fingerprint density at radius 2 is 1.81 bits per heavy atom. The molecule has 1 aliphatic heterocycles. The molecule has 0 atom stereocenters. The molecule has 0 N–H and O–H groups in total. The predicted molar refractivity (Wildman–Crippen MR) is 85.2 cm³/mol. The molecule has 0 unspecified atom stereocenters. The van der Waals surface area contributed by atoms with E-state index in [2.05, 4.69) is 33.7 Å². The van der Waals surface area contributed by atoms with Gasteiger partial charge in [0.15, 0.2) is 0 Å². The summed E-state index contributed by atoms with van der Waals surface area (Å²) in [5.41, 5.74) is 1.14. The minimum Gasteiger partial charge on any atom is -0.284 e. The standard InChI is InChI=1S/C16H20N4S/c21-16-19(12-18-10-4-5-11-18)17-15(13-8-9-13)20(16)14-6-2-1-3-7-14/h1-3,6-7,13H,4-5,8-12H2. The van der Waals surface area contributed by atoms with Crippen molar-refractivity contribution in [1.29, 1.82) is 0 Å². The molecule has 2 aromatic rings.